The molecule has 0 N–H and O–H groups in total. The first-order valence-electron chi connectivity index (χ1n) is 9.16. The molecule has 4 heteroatoms. The predicted octanol–water partition coefficient (Wildman–Crippen LogP) is 4.93. The summed E-state index contributed by atoms with van der Waals surface area (Å²) in [7, 11) is 2.70. The zero-order valence-electron chi connectivity index (χ0n) is 16.8. The van der Waals surface area contributed by atoms with Crippen molar-refractivity contribution in [3.8, 4) is 0 Å². The molecular weight excluding hydrogens is 326 g/mol. The van der Waals surface area contributed by atoms with Crippen molar-refractivity contribution >= 4 is 13.9 Å². The van der Waals surface area contributed by atoms with Gasteiger partial charge in [-0.1, -0.05) is 30.3 Å². The molecule has 0 spiro atoms. The highest BCUT2D eigenvalue weighted by atomic mass is 28.4. The number of benzene rings is 1. The Labute approximate surface area is 154 Å². The van der Waals surface area contributed by atoms with Crippen molar-refractivity contribution in [3.63, 3.8) is 0 Å². The van der Waals surface area contributed by atoms with Crippen LogP contribution in [0.5, 0.6) is 0 Å². The van der Waals surface area contributed by atoms with Crippen molar-refractivity contribution in [1.82, 2.24) is 4.90 Å². The minimum absolute atomic E-state index is 0.179. The van der Waals surface area contributed by atoms with Crippen LogP contribution in [0.2, 0.25) is 19.6 Å². The Balaban J connectivity index is 2.42. The summed E-state index contributed by atoms with van der Waals surface area (Å²) in [5.41, 5.74) is 2.31. The van der Waals surface area contributed by atoms with Gasteiger partial charge in [0.1, 0.15) is 5.76 Å². The molecular formula is C21H33NO2Si. The van der Waals surface area contributed by atoms with E-state index < -0.39 is 8.32 Å². The zero-order chi connectivity index (χ0) is 18.7. The average molecular weight is 360 g/mol. The van der Waals surface area contributed by atoms with Crippen LogP contribution in [-0.4, -0.2) is 45.6 Å². The van der Waals surface area contributed by atoms with Gasteiger partial charge in [-0.25, -0.2) is 0 Å². The van der Waals surface area contributed by atoms with E-state index in [0.29, 0.717) is 6.61 Å². The van der Waals surface area contributed by atoms with E-state index in [1.807, 2.05) is 6.92 Å². The molecule has 1 aromatic carbocycles. The molecule has 0 heterocycles. The van der Waals surface area contributed by atoms with E-state index in [4.69, 9.17) is 9.16 Å². The molecule has 0 bridgehead atoms. The number of hydrogen-bond acceptors (Lipinski definition) is 3. The molecule has 1 aromatic rings. The summed E-state index contributed by atoms with van der Waals surface area (Å²) in [5, 5.41) is 0. The van der Waals surface area contributed by atoms with Crippen LogP contribution < -0.4 is 0 Å². The summed E-state index contributed by atoms with van der Waals surface area (Å²) >= 11 is 0. The van der Waals surface area contributed by atoms with Gasteiger partial charge in [0.15, 0.2) is 8.32 Å². The van der Waals surface area contributed by atoms with E-state index in [1.54, 1.807) is 0 Å². The molecule has 0 radical (unpaired) electrons. The van der Waals surface area contributed by atoms with Crippen molar-refractivity contribution in [3.05, 3.63) is 53.8 Å². The Morgan fingerprint density at radius 3 is 2.28 bits per heavy atom. The average Bonchev–Trinajstić information content (AvgIpc) is 2.86. The highest BCUT2D eigenvalue weighted by Crippen LogP contribution is 2.43. The Bertz CT molecular complexity index is 631. The van der Waals surface area contributed by atoms with Crippen molar-refractivity contribution in [2.75, 3.05) is 20.7 Å². The number of ether oxygens (including phenoxy) is 1. The van der Waals surface area contributed by atoms with Gasteiger partial charge >= 0.3 is 0 Å². The third-order valence-corrected chi connectivity index (χ3v) is 5.59. The molecule has 0 aliphatic heterocycles. The van der Waals surface area contributed by atoms with Crippen LogP contribution in [0.25, 0.3) is 5.57 Å². The highest BCUT2D eigenvalue weighted by Gasteiger charge is 2.41. The number of rotatable bonds is 8. The lowest BCUT2D eigenvalue weighted by Crippen LogP contribution is -2.46. The van der Waals surface area contributed by atoms with Crippen molar-refractivity contribution in [2.45, 2.75) is 51.6 Å². The quantitative estimate of drug-likeness (QED) is 0.614. The zero-order valence-corrected chi connectivity index (χ0v) is 17.8. The van der Waals surface area contributed by atoms with Crippen molar-refractivity contribution < 1.29 is 9.16 Å². The first kappa shape index (κ1) is 20.0. The van der Waals surface area contributed by atoms with Crippen molar-refractivity contribution in [1.29, 1.82) is 0 Å². The first-order valence-corrected chi connectivity index (χ1v) is 12.6. The third-order valence-electron chi connectivity index (χ3n) is 4.48. The van der Waals surface area contributed by atoms with Crippen LogP contribution in [0.3, 0.4) is 0 Å². The molecule has 2 atom stereocenters. The van der Waals surface area contributed by atoms with E-state index >= 15 is 0 Å². The normalized spacial score (nSPS) is 21.9. The van der Waals surface area contributed by atoms with Gasteiger partial charge in [-0.3, -0.25) is 4.90 Å². The van der Waals surface area contributed by atoms with Gasteiger partial charge in [-0.2, -0.15) is 0 Å². The molecule has 0 aromatic heterocycles. The number of likely N-dealkylation sites (N-methyl/N-ethyl adjacent to an activating group) is 1. The first-order chi connectivity index (χ1) is 11.7. The molecule has 1 aliphatic rings. The minimum Gasteiger partial charge on any atom is -0.494 e. The van der Waals surface area contributed by atoms with E-state index in [1.165, 1.54) is 11.1 Å². The standard InChI is InChI=1S/C21H33NO2Si/c1-8-23-19-14-20(18-12-10-9-11-13-18)21(16-19,22(3)4)15-17(2)24-25(5,6)7/h9-14,16-17H,8,15H2,1-7H3. The van der Waals surface area contributed by atoms with Gasteiger partial charge in [-0.05, 0) is 77.3 Å². The molecule has 0 saturated carbocycles. The Morgan fingerprint density at radius 1 is 1.12 bits per heavy atom. The van der Waals surface area contributed by atoms with Gasteiger partial charge in [0.25, 0.3) is 0 Å². The lowest BCUT2D eigenvalue weighted by molar-refractivity contribution is 0.141. The van der Waals surface area contributed by atoms with Crippen LogP contribution in [0, 0.1) is 0 Å². The molecule has 0 fully saturated rings. The predicted molar refractivity (Wildman–Crippen MR) is 109 cm³/mol. The monoisotopic (exact) mass is 359 g/mol. The molecule has 0 amide bonds. The second-order valence-corrected chi connectivity index (χ2v) is 12.4. The summed E-state index contributed by atoms with van der Waals surface area (Å²) in [6.07, 6.45) is 5.54. The molecule has 25 heavy (non-hydrogen) atoms. The topological polar surface area (TPSA) is 21.7 Å². The summed E-state index contributed by atoms with van der Waals surface area (Å²) in [5.74, 6) is 0.954. The number of allylic oxidation sites excluding steroid dienone is 1. The fourth-order valence-corrected chi connectivity index (χ4v) is 4.92. The molecule has 2 unspecified atom stereocenters. The van der Waals surface area contributed by atoms with E-state index in [0.717, 1.165) is 12.2 Å². The molecule has 1 aliphatic carbocycles. The smallest absolute Gasteiger partial charge is 0.184 e. The highest BCUT2D eigenvalue weighted by molar-refractivity contribution is 6.69. The SMILES string of the molecule is CCOC1=CC(CC(C)O[Si](C)(C)C)(N(C)C)C(c2ccccc2)=C1. The van der Waals surface area contributed by atoms with E-state index in [9.17, 15) is 0 Å². The van der Waals surface area contributed by atoms with Crippen LogP contribution in [0.4, 0.5) is 0 Å². The second kappa shape index (κ2) is 7.90. The lowest BCUT2D eigenvalue weighted by atomic mass is 9.82. The van der Waals surface area contributed by atoms with Crippen LogP contribution >= 0.6 is 0 Å². The summed E-state index contributed by atoms with van der Waals surface area (Å²) in [6, 6.07) is 10.6. The van der Waals surface area contributed by atoms with E-state index in [2.05, 4.69) is 88.0 Å². The maximum absolute atomic E-state index is 6.37. The minimum atomic E-state index is -1.58. The second-order valence-electron chi connectivity index (χ2n) is 7.97. The Morgan fingerprint density at radius 2 is 1.76 bits per heavy atom. The summed E-state index contributed by atoms with van der Waals surface area (Å²) in [4.78, 5) is 2.29. The number of nitrogens with zero attached hydrogens (tertiary/aromatic N) is 1. The van der Waals surface area contributed by atoms with Crippen LogP contribution in [-0.2, 0) is 9.16 Å². The van der Waals surface area contributed by atoms with Crippen LogP contribution in [0.1, 0.15) is 25.8 Å². The van der Waals surface area contributed by atoms with Gasteiger partial charge in [0.05, 0.1) is 12.1 Å². The molecule has 2 rings (SSSR count). The Kier molecular flexibility index (Phi) is 6.30. The fourth-order valence-electron chi connectivity index (χ4n) is 3.63. The van der Waals surface area contributed by atoms with Crippen LogP contribution in [0.15, 0.2) is 48.2 Å². The number of hydrogen-bond donors (Lipinski definition) is 0. The molecule has 0 saturated heterocycles. The summed E-state index contributed by atoms with van der Waals surface area (Å²) in [6.45, 7) is 11.6. The maximum atomic E-state index is 6.37. The third kappa shape index (κ3) is 4.84. The lowest BCUT2D eigenvalue weighted by Gasteiger charge is -2.40. The fraction of sp³-hybridized carbons (Fsp3) is 0.524. The Hall–Kier alpha value is -1.36. The van der Waals surface area contributed by atoms with Crippen molar-refractivity contribution in [2.24, 2.45) is 0 Å². The largest absolute Gasteiger partial charge is 0.494 e. The van der Waals surface area contributed by atoms with Gasteiger partial charge in [-0.15, -0.1) is 0 Å². The van der Waals surface area contributed by atoms with E-state index in [-0.39, 0.29) is 11.6 Å². The maximum Gasteiger partial charge on any atom is 0.184 e. The van der Waals surface area contributed by atoms with Gasteiger partial charge < -0.3 is 9.16 Å². The molecule has 3 nitrogen and oxygen atoms in total. The van der Waals surface area contributed by atoms with Gasteiger partial charge in [0.2, 0.25) is 0 Å². The molecule has 138 valence electrons. The summed E-state index contributed by atoms with van der Waals surface area (Å²) < 4.78 is 12.2. The van der Waals surface area contributed by atoms with Gasteiger partial charge in [0, 0.05) is 6.10 Å².